The Balaban J connectivity index is 2.08. The van der Waals surface area contributed by atoms with Gasteiger partial charge in [0.05, 0.1) is 0 Å². The van der Waals surface area contributed by atoms with Gasteiger partial charge in [0, 0.05) is 9.64 Å². The Morgan fingerprint density at radius 3 is 2.73 bits per heavy atom. The summed E-state index contributed by atoms with van der Waals surface area (Å²) in [6.07, 6.45) is 4.20. The predicted molar refractivity (Wildman–Crippen MR) is 48.0 cm³/mol. The summed E-state index contributed by atoms with van der Waals surface area (Å²) < 4.78 is 0.670. The second-order valence-corrected chi connectivity index (χ2v) is 5.08. The molecule has 1 aromatic rings. The molecule has 1 fully saturated rings. The van der Waals surface area contributed by atoms with Crippen LogP contribution in [-0.4, -0.2) is 4.75 Å². The van der Waals surface area contributed by atoms with E-state index >= 15 is 0 Å². The maximum atomic E-state index is 2.27. The third-order valence-electron chi connectivity index (χ3n) is 2.62. The van der Waals surface area contributed by atoms with E-state index in [1.807, 2.05) is 0 Å². The van der Waals surface area contributed by atoms with Gasteiger partial charge in [-0.1, -0.05) is 18.2 Å². The minimum Gasteiger partial charge on any atom is -0.119 e. The van der Waals surface area contributed by atoms with Crippen molar-refractivity contribution in [2.24, 2.45) is 0 Å². The van der Waals surface area contributed by atoms with E-state index in [2.05, 4.69) is 36.0 Å². The lowest BCUT2D eigenvalue weighted by atomic mass is 10.1. The minimum atomic E-state index is 0.670. The summed E-state index contributed by atoms with van der Waals surface area (Å²) in [5.74, 6) is 0. The highest BCUT2D eigenvalue weighted by Crippen LogP contribution is 2.59. The molecule has 1 saturated carbocycles. The average Bonchev–Trinajstić information content (AvgIpc) is 2.66. The number of fused-ring (bicyclic) bond motifs is 1. The van der Waals surface area contributed by atoms with Gasteiger partial charge in [0.25, 0.3) is 0 Å². The van der Waals surface area contributed by atoms with E-state index in [-0.39, 0.29) is 0 Å². The van der Waals surface area contributed by atoms with Crippen molar-refractivity contribution >= 4 is 11.8 Å². The van der Waals surface area contributed by atoms with Gasteiger partial charge < -0.3 is 0 Å². The summed E-state index contributed by atoms with van der Waals surface area (Å²) in [5, 5.41) is 0. The van der Waals surface area contributed by atoms with Crippen molar-refractivity contribution < 1.29 is 0 Å². The van der Waals surface area contributed by atoms with Crippen LogP contribution in [0.3, 0.4) is 0 Å². The van der Waals surface area contributed by atoms with E-state index in [9.17, 15) is 0 Å². The Hall–Kier alpha value is -0.430. The minimum absolute atomic E-state index is 0.670. The third-order valence-corrected chi connectivity index (χ3v) is 4.22. The van der Waals surface area contributed by atoms with Crippen LogP contribution in [0.2, 0.25) is 0 Å². The van der Waals surface area contributed by atoms with Crippen LogP contribution in [0.25, 0.3) is 0 Å². The molecule has 11 heavy (non-hydrogen) atoms. The second kappa shape index (κ2) is 1.84. The van der Waals surface area contributed by atoms with E-state index < -0.39 is 0 Å². The van der Waals surface area contributed by atoms with Crippen LogP contribution in [0, 0.1) is 0 Å². The zero-order valence-corrected chi connectivity index (χ0v) is 7.16. The van der Waals surface area contributed by atoms with Crippen molar-refractivity contribution in [2.75, 3.05) is 0 Å². The Morgan fingerprint density at radius 1 is 1.18 bits per heavy atom. The van der Waals surface area contributed by atoms with Crippen LogP contribution in [0.5, 0.6) is 0 Å². The highest BCUT2D eigenvalue weighted by atomic mass is 32.2. The molecule has 0 aromatic heterocycles. The second-order valence-electron chi connectivity index (χ2n) is 3.57. The fraction of sp³-hybridized carbons (Fsp3) is 0.400. The molecule has 0 N–H and O–H groups in total. The van der Waals surface area contributed by atoms with E-state index in [1.54, 1.807) is 5.56 Å². The van der Waals surface area contributed by atoms with E-state index in [0.717, 1.165) is 0 Å². The fourth-order valence-corrected chi connectivity index (χ4v) is 3.20. The molecule has 1 heterocycles. The van der Waals surface area contributed by atoms with Crippen LogP contribution < -0.4 is 0 Å². The predicted octanol–water partition coefficient (Wildman–Crippen LogP) is 2.87. The number of hydrogen-bond acceptors (Lipinski definition) is 1. The van der Waals surface area contributed by atoms with Crippen LogP contribution in [-0.2, 0) is 6.42 Å². The Morgan fingerprint density at radius 2 is 2.00 bits per heavy atom. The van der Waals surface area contributed by atoms with Crippen LogP contribution in [0.1, 0.15) is 18.4 Å². The maximum absolute atomic E-state index is 2.27. The standard InChI is InChI=1S/C10H10S/c1-2-4-9-8(3-1)7-10(11-9)5-6-10/h1-4H,5-7H2. The molecule has 0 saturated heterocycles. The lowest BCUT2D eigenvalue weighted by Crippen LogP contribution is -1.97. The van der Waals surface area contributed by atoms with Gasteiger partial charge in [0.1, 0.15) is 0 Å². The SMILES string of the molecule is c1ccc2c(c1)CC1(CC1)S2. The summed E-state index contributed by atoms with van der Waals surface area (Å²) in [6.45, 7) is 0. The van der Waals surface area contributed by atoms with Crippen LogP contribution in [0.15, 0.2) is 29.2 Å². The van der Waals surface area contributed by atoms with Gasteiger partial charge >= 0.3 is 0 Å². The molecule has 3 rings (SSSR count). The summed E-state index contributed by atoms with van der Waals surface area (Å²) in [4.78, 5) is 1.53. The molecule has 56 valence electrons. The smallest absolute Gasteiger partial charge is 0.0249 e. The molecule has 1 aromatic carbocycles. The van der Waals surface area contributed by atoms with Crippen molar-refractivity contribution in [3.05, 3.63) is 29.8 Å². The highest BCUT2D eigenvalue weighted by Gasteiger charge is 2.47. The monoisotopic (exact) mass is 162 g/mol. The molecule has 1 aliphatic carbocycles. The molecule has 0 atom stereocenters. The number of hydrogen-bond donors (Lipinski definition) is 0. The lowest BCUT2D eigenvalue weighted by Gasteiger charge is -1.99. The fourth-order valence-electron chi connectivity index (χ4n) is 1.78. The van der Waals surface area contributed by atoms with Crippen LogP contribution in [0.4, 0.5) is 0 Å². The normalized spacial score (nSPS) is 23.6. The largest absolute Gasteiger partial charge is 0.119 e. The topological polar surface area (TPSA) is 0 Å². The van der Waals surface area contributed by atoms with Gasteiger partial charge in [-0.25, -0.2) is 0 Å². The summed E-state index contributed by atoms with van der Waals surface area (Å²) in [7, 11) is 0. The van der Waals surface area contributed by atoms with Gasteiger partial charge in [-0.2, -0.15) is 0 Å². The Kier molecular flexibility index (Phi) is 1.02. The van der Waals surface area contributed by atoms with Gasteiger partial charge in [0.2, 0.25) is 0 Å². The summed E-state index contributed by atoms with van der Waals surface area (Å²) in [5.41, 5.74) is 1.58. The first-order valence-electron chi connectivity index (χ1n) is 4.15. The molecule has 0 bridgehead atoms. The van der Waals surface area contributed by atoms with Crippen molar-refractivity contribution in [1.82, 2.24) is 0 Å². The highest BCUT2D eigenvalue weighted by molar-refractivity contribution is 8.01. The van der Waals surface area contributed by atoms with Crippen molar-refractivity contribution in [3.63, 3.8) is 0 Å². The molecule has 0 unspecified atom stereocenters. The third kappa shape index (κ3) is 0.839. The van der Waals surface area contributed by atoms with E-state index in [0.29, 0.717) is 4.75 Å². The first-order chi connectivity index (χ1) is 5.38. The first kappa shape index (κ1) is 6.13. The number of thioether (sulfide) groups is 1. The molecule has 0 nitrogen and oxygen atoms in total. The zero-order valence-electron chi connectivity index (χ0n) is 6.34. The molecule has 1 aliphatic heterocycles. The summed E-state index contributed by atoms with van der Waals surface area (Å²) >= 11 is 2.10. The number of benzene rings is 1. The molecule has 0 amide bonds. The lowest BCUT2D eigenvalue weighted by molar-refractivity contribution is 0.907. The van der Waals surface area contributed by atoms with Gasteiger partial charge in [-0.15, -0.1) is 11.8 Å². The first-order valence-corrected chi connectivity index (χ1v) is 4.97. The molecular weight excluding hydrogens is 152 g/mol. The summed E-state index contributed by atoms with van der Waals surface area (Å²) in [6, 6.07) is 8.83. The van der Waals surface area contributed by atoms with Crippen LogP contribution >= 0.6 is 11.8 Å². The van der Waals surface area contributed by atoms with Crippen molar-refractivity contribution in [3.8, 4) is 0 Å². The van der Waals surface area contributed by atoms with E-state index in [4.69, 9.17) is 0 Å². The zero-order chi connectivity index (χ0) is 7.31. The van der Waals surface area contributed by atoms with Crippen molar-refractivity contribution in [1.29, 1.82) is 0 Å². The maximum Gasteiger partial charge on any atom is 0.0249 e. The average molecular weight is 162 g/mol. The van der Waals surface area contributed by atoms with Gasteiger partial charge in [0.15, 0.2) is 0 Å². The van der Waals surface area contributed by atoms with Crippen molar-refractivity contribution in [2.45, 2.75) is 28.9 Å². The molecular formula is C10H10S. The quantitative estimate of drug-likeness (QED) is 0.565. The molecule has 1 spiro atoms. The molecule has 0 radical (unpaired) electrons. The molecule has 2 aliphatic rings. The van der Waals surface area contributed by atoms with Gasteiger partial charge in [-0.3, -0.25) is 0 Å². The Bertz CT molecular complexity index is 272. The number of rotatable bonds is 0. The van der Waals surface area contributed by atoms with E-state index in [1.165, 1.54) is 24.2 Å². The Labute approximate surface area is 71.0 Å². The van der Waals surface area contributed by atoms with Gasteiger partial charge in [-0.05, 0) is 30.9 Å². The molecule has 1 heteroatoms.